The van der Waals surface area contributed by atoms with E-state index in [0.29, 0.717) is 0 Å². The number of cyclic esters (lactones) is 1. The fraction of sp³-hybridized carbons (Fsp3) is 0.300. The van der Waals surface area contributed by atoms with Crippen molar-refractivity contribution in [2.24, 2.45) is 0 Å². The Bertz CT molecular complexity index is 1120. The Balaban J connectivity index is 1.71. The third-order valence-corrected chi connectivity index (χ3v) is 6.69. The van der Waals surface area contributed by atoms with Gasteiger partial charge in [0.15, 0.2) is 9.84 Å². The Hall–Kier alpha value is -3.52. The summed E-state index contributed by atoms with van der Waals surface area (Å²) in [6.45, 7) is -0.208. The van der Waals surface area contributed by atoms with Gasteiger partial charge in [0.1, 0.15) is 23.9 Å². The van der Waals surface area contributed by atoms with Gasteiger partial charge in [0, 0.05) is 7.05 Å². The fourth-order valence-electron chi connectivity index (χ4n) is 3.20. The number of hydrogen-bond acceptors (Lipinski definition) is 8. The van der Waals surface area contributed by atoms with E-state index in [1.165, 1.54) is 43.4 Å². The molecule has 2 aromatic carbocycles. The number of carbonyl (C=O) groups is 2. The number of hydroxylamine groups is 2. The number of halogens is 3. The van der Waals surface area contributed by atoms with Crippen molar-refractivity contribution >= 4 is 22.3 Å². The molecule has 2 aromatic rings. The van der Waals surface area contributed by atoms with Crippen molar-refractivity contribution < 1.29 is 50.6 Å². The van der Waals surface area contributed by atoms with E-state index >= 15 is 0 Å². The zero-order valence-corrected chi connectivity index (χ0v) is 18.3. The van der Waals surface area contributed by atoms with Gasteiger partial charge >= 0.3 is 12.5 Å². The van der Waals surface area contributed by atoms with Gasteiger partial charge in [-0.1, -0.05) is 0 Å². The van der Waals surface area contributed by atoms with Crippen molar-refractivity contribution in [3.63, 3.8) is 0 Å². The predicted molar refractivity (Wildman–Crippen MR) is 108 cm³/mol. The lowest BCUT2D eigenvalue weighted by Crippen LogP contribution is -2.51. The van der Waals surface area contributed by atoms with Gasteiger partial charge in [-0.25, -0.2) is 18.3 Å². The molecule has 2 amide bonds. The standard InChI is InChI=1S/C20H19F3N2O8S/c1-24-17(10-31-19(24)27)18(25(28)12-26)11-34(29,30)16-8-6-14(7-9-16)32-13-2-4-15(5-3-13)33-20(21,22)23/h2-9,12,17-18,28H,10-11H2,1H3/t17-,18?/m1/s1. The number of carbonyl (C=O) groups excluding carboxylic acids is 2. The van der Waals surface area contributed by atoms with Gasteiger partial charge < -0.3 is 19.1 Å². The molecule has 1 heterocycles. The quantitative estimate of drug-likeness (QED) is 0.314. The molecule has 1 unspecified atom stereocenters. The molecule has 10 nitrogen and oxygen atoms in total. The van der Waals surface area contributed by atoms with Crippen LogP contribution >= 0.6 is 0 Å². The van der Waals surface area contributed by atoms with Crippen LogP contribution in [-0.4, -0.2) is 73.9 Å². The monoisotopic (exact) mass is 504 g/mol. The lowest BCUT2D eigenvalue weighted by molar-refractivity contribution is -0.274. The summed E-state index contributed by atoms with van der Waals surface area (Å²) in [5.41, 5.74) is 0. The fourth-order valence-corrected chi connectivity index (χ4v) is 4.77. The lowest BCUT2D eigenvalue weighted by Gasteiger charge is -2.29. The number of hydrogen-bond donors (Lipinski definition) is 1. The SMILES string of the molecule is CN1C(=O)OC[C@@H]1C(CS(=O)(=O)c1ccc(Oc2ccc(OC(F)(F)F)cc2)cc1)N(O)C=O. The third-order valence-electron chi connectivity index (χ3n) is 4.92. The molecule has 1 aliphatic rings. The number of sulfone groups is 1. The first kappa shape index (κ1) is 25.1. The van der Waals surface area contributed by atoms with Gasteiger partial charge in [0.05, 0.1) is 22.7 Å². The van der Waals surface area contributed by atoms with Gasteiger partial charge in [0.2, 0.25) is 6.41 Å². The number of amides is 2. The Morgan fingerprint density at radius 1 is 1.15 bits per heavy atom. The van der Waals surface area contributed by atoms with E-state index in [-0.39, 0.29) is 34.5 Å². The van der Waals surface area contributed by atoms with E-state index in [0.717, 1.165) is 17.0 Å². The molecule has 14 heteroatoms. The molecule has 34 heavy (non-hydrogen) atoms. The van der Waals surface area contributed by atoms with E-state index in [1.807, 2.05) is 0 Å². The van der Waals surface area contributed by atoms with Crippen molar-refractivity contribution in [1.29, 1.82) is 0 Å². The summed E-state index contributed by atoms with van der Waals surface area (Å²) in [7, 11) is -2.68. The largest absolute Gasteiger partial charge is 0.573 e. The van der Waals surface area contributed by atoms with Crippen LogP contribution in [0.4, 0.5) is 18.0 Å². The minimum Gasteiger partial charge on any atom is -0.457 e. The van der Waals surface area contributed by atoms with Gasteiger partial charge in [-0.15, -0.1) is 13.2 Å². The molecule has 184 valence electrons. The molecule has 0 aromatic heterocycles. The van der Waals surface area contributed by atoms with Crippen molar-refractivity contribution in [2.75, 3.05) is 19.4 Å². The molecule has 0 aliphatic carbocycles. The van der Waals surface area contributed by atoms with E-state index in [9.17, 15) is 36.4 Å². The zero-order chi connectivity index (χ0) is 25.1. The molecule has 0 bridgehead atoms. The number of rotatable bonds is 9. The molecule has 3 rings (SSSR count). The van der Waals surface area contributed by atoms with Crippen molar-refractivity contribution in [1.82, 2.24) is 9.96 Å². The predicted octanol–water partition coefficient (Wildman–Crippen LogP) is 2.82. The van der Waals surface area contributed by atoms with Gasteiger partial charge in [-0.2, -0.15) is 0 Å². The molecule has 0 saturated carbocycles. The van der Waals surface area contributed by atoms with Crippen LogP contribution in [0.2, 0.25) is 0 Å². The summed E-state index contributed by atoms with van der Waals surface area (Å²) in [5.74, 6) is -0.745. The number of alkyl halides is 3. The van der Waals surface area contributed by atoms with Crippen LogP contribution in [-0.2, 0) is 19.4 Å². The average molecular weight is 504 g/mol. The topological polar surface area (TPSA) is 123 Å². The summed E-state index contributed by atoms with van der Waals surface area (Å²) in [4.78, 5) is 23.6. The first-order chi connectivity index (χ1) is 15.9. The molecule has 1 fully saturated rings. The van der Waals surface area contributed by atoms with Crippen molar-refractivity contribution in [3.8, 4) is 17.2 Å². The Labute approximate surface area is 191 Å². The molecule has 1 N–H and O–H groups in total. The number of benzene rings is 2. The van der Waals surface area contributed by atoms with Gasteiger partial charge in [-0.3, -0.25) is 10.0 Å². The second kappa shape index (κ2) is 9.77. The number of likely N-dealkylation sites (N-methyl/N-ethyl adjacent to an activating group) is 1. The lowest BCUT2D eigenvalue weighted by atomic mass is 10.1. The molecule has 1 saturated heterocycles. The van der Waals surface area contributed by atoms with Gasteiger partial charge in [0.25, 0.3) is 0 Å². The molecule has 1 aliphatic heterocycles. The van der Waals surface area contributed by atoms with Crippen LogP contribution in [0.3, 0.4) is 0 Å². The third kappa shape index (κ3) is 6.08. The molecule has 2 atom stereocenters. The van der Waals surface area contributed by atoms with Crippen LogP contribution in [0.1, 0.15) is 0 Å². The maximum atomic E-state index is 12.9. The van der Waals surface area contributed by atoms with E-state index < -0.39 is 45.9 Å². The van der Waals surface area contributed by atoms with Crippen molar-refractivity contribution in [2.45, 2.75) is 23.3 Å². The van der Waals surface area contributed by atoms with Crippen LogP contribution in [0, 0.1) is 0 Å². The van der Waals surface area contributed by atoms with Crippen LogP contribution in [0.15, 0.2) is 53.4 Å². The summed E-state index contributed by atoms with van der Waals surface area (Å²) in [6, 6.07) is 7.54. The van der Waals surface area contributed by atoms with Crippen LogP contribution in [0.25, 0.3) is 0 Å². The van der Waals surface area contributed by atoms with Crippen LogP contribution in [0.5, 0.6) is 17.2 Å². The second-order valence-corrected chi connectivity index (χ2v) is 9.22. The Morgan fingerprint density at radius 3 is 2.15 bits per heavy atom. The highest BCUT2D eigenvalue weighted by Crippen LogP contribution is 2.28. The molecular weight excluding hydrogens is 485 g/mol. The highest BCUT2D eigenvalue weighted by molar-refractivity contribution is 7.91. The zero-order valence-electron chi connectivity index (χ0n) is 17.5. The first-order valence-electron chi connectivity index (χ1n) is 9.58. The molecule has 0 radical (unpaired) electrons. The van der Waals surface area contributed by atoms with Gasteiger partial charge in [-0.05, 0) is 48.5 Å². The van der Waals surface area contributed by atoms with Crippen LogP contribution < -0.4 is 9.47 Å². The normalized spacial score (nSPS) is 17.1. The first-order valence-corrected chi connectivity index (χ1v) is 11.2. The smallest absolute Gasteiger partial charge is 0.457 e. The van der Waals surface area contributed by atoms with Crippen molar-refractivity contribution in [3.05, 3.63) is 48.5 Å². The molecule has 0 spiro atoms. The molecular formula is C20H19F3N2O8S. The highest BCUT2D eigenvalue weighted by atomic mass is 32.2. The van der Waals surface area contributed by atoms with E-state index in [4.69, 9.17) is 9.47 Å². The highest BCUT2D eigenvalue weighted by Gasteiger charge is 2.41. The number of ether oxygens (including phenoxy) is 3. The summed E-state index contributed by atoms with van der Waals surface area (Å²) < 4.78 is 76.6. The average Bonchev–Trinajstić information content (AvgIpc) is 3.10. The number of nitrogens with zero attached hydrogens (tertiary/aromatic N) is 2. The maximum absolute atomic E-state index is 12.9. The minimum absolute atomic E-state index is 0.0405. The summed E-state index contributed by atoms with van der Waals surface area (Å²) >= 11 is 0. The minimum atomic E-state index is -4.82. The Kier molecular flexibility index (Phi) is 7.21. The maximum Gasteiger partial charge on any atom is 0.573 e. The summed E-state index contributed by atoms with van der Waals surface area (Å²) in [6.07, 6.45) is -5.50. The Morgan fingerprint density at radius 2 is 1.68 bits per heavy atom. The second-order valence-electron chi connectivity index (χ2n) is 7.18. The summed E-state index contributed by atoms with van der Waals surface area (Å²) in [5, 5.41) is 10.1. The van der Waals surface area contributed by atoms with E-state index in [2.05, 4.69) is 4.74 Å². The van der Waals surface area contributed by atoms with E-state index in [1.54, 1.807) is 0 Å².